The van der Waals surface area contributed by atoms with Crippen molar-refractivity contribution >= 4 is 35.4 Å². The zero-order valence-corrected chi connectivity index (χ0v) is 13.5. The standard InChI is InChI=1S/C16H16N6OS/c17-15(20-18-11-12-7-3-1-4-8-12)21-22-16(24)19-14(23)13-9-5-2-6-10-13/h1-11H,(H3,17,20,21)(H2,19,22,23,24)/b18-11-. The minimum atomic E-state index is -0.336. The van der Waals surface area contributed by atoms with Crippen molar-refractivity contribution in [2.75, 3.05) is 0 Å². The van der Waals surface area contributed by atoms with Crippen LogP contribution in [0.1, 0.15) is 15.9 Å². The molecule has 0 atom stereocenters. The third-order valence-corrected chi connectivity index (χ3v) is 2.93. The number of carbonyl (C=O) groups excluding carboxylic acids is 1. The van der Waals surface area contributed by atoms with E-state index in [9.17, 15) is 4.79 Å². The summed E-state index contributed by atoms with van der Waals surface area (Å²) in [5.74, 6) is -0.338. The summed E-state index contributed by atoms with van der Waals surface area (Å²) in [6.07, 6.45) is 1.60. The molecule has 122 valence electrons. The van der Waals surface area contributed by atoms with Crippen molar-refractivity contribution < 1.29 is 4.79 Å². The van der Waals surface area contributed by atoms with Gasteiger partial charge < -0.3 is 5.73 Å². The molecule has 24 heavy (non-hydrogen) atoms. The molecule has 0 bridgehead atoms. The molecule has 0 spiro atoms. The molecular formula is C16H16N6OS. The minimum Gasteiger partial charge on any atom is -0.367 e. The van der Waals surface area contributed by atoms with E-state index in [4.69, 9.17) is 18.0 Å². The third kappa shape index (κ3) is 5.85. The molecule has 1 amide bonds. The van der Waals surface area contributed by atoms with Crippen LogP contribution in [-0.4, -0.2) is 23.2 Å². The van der Waals surface area contributed by atoms with Crippen molar-refractivity contribution in [3.63, 3.8) is 0 Å². The second-order valence-corrected chi connectivity index (χ2v) is 4.95. The maximum atomic E-state index is 11.9. The van der Waals surface area contributed by atoms with Crippen LogP contribution < -0.4 is 21.9 Å². The van der Waals surface area contributed by atoms with E-state index in [0.717, 1.165) is 5.56 Å². The first kappa shape index (κ1) is 17.1. The Kier molecular flexibility index (Phi) is 6.42. The first-order valence-corrected chi connectivity index (χ1v) is 7.39. The van der Waals surface area contributed by atoms with Crippen LogP contribution in [0.15, 0.2) is 70.9 Å². The van der Waals surface area contributed by atoms with E-state index in [2.05, 4.69) is 26.4 Å². The smallest absolute Gasteiger partial charge is 0.257 e. The number of nitrogens with zero attached hydrogens (tertiary/aromatic N) is 2. The Hall–Kier alpha value is -3.26. The number of guanidine groups is 1. The highest BCUT2D eigenvalue weighted by molar-refractivity contribution is 7.80. The van der Waals surface area contributed by atoms with E-state index in [1.807, 2.05) is 36.4 Å². The summed E-state index contributed by atoms with van der Waals surface area (Å²) in [5.41, 5.74) is 12.0. The second-order valence-electron chi connectivity index (χ2n) is 4.54. The van der Waals surface area contributed by atoms with Gasteiger partial charge in [0.25, 0.3) is 5.91 Å². The van der Waals surface area contributed by atoms with E-state index in [1.54, 1.807) is 30.5 Å². The monoisotopic (exact) mass is 340 g/mol. The number of hydrogen-bond donors (Lipinski definition) is 4. The van der Waals surface area contributed by atoms with E-state index < -0.39 is 0 Å². The molecule has 0 aromatic heterocycles. The van der Waals surface area contributed by atoms with E-state index in [0.29, 0.717) is 5.56 Å². The quantitative estimate of drug-likeness (QED) is 0.289. The van der Waals surface area contributed by atoms with Crippen LogP contribution in [0.5, 0.6) is 0 Å². The van der Waals surface area contributed by atoms with Gasteiger partial charge in [0, 0.05) is 5.56 Å². The van der Waals surface area contributed by atoms with Crippen LogP contribution in [-0.2, 0) is 0 Å². The summed E-state index contributed by atoms with van der Waals surface area (Å²) in [6.45, 7) is 0. The van der Waals surface area contributed by atoms with Gasteiger partial charge in [-0.1, -0.05) is 48.5 Å². The fourth-order valence-corrected chi connectivity index (χ4v) is 1.78. The molecule has 2 aromatic carbocycles. The molecule has 0 unspecified atom stereocenters. The van der Waals surface area contributed by atoms with Gasteiger partial charge in [0.15, 0.2) is 5.11 Å². The Balaban J connectivity index is 1.78. The molecule has 0 fully saturated rings. The predicted molar refractivity (Wildman–Crippen MR) is 98.4 cm³/mol. The minimum absolute atomic E-state index is 0.00140. The Labute approximate surface area is 144 Å². The van der Waals surface area contributed by atoms with Crippen molar-refractivity contribution in [3.8, 4) is 0 Å². The molecule has 0 aliphatic carbocycles. The summed E-state index contributed by atoms with van der Waals surface area (Å²) < 4.78 is 0. The van der Waals surface area contributed by atoms with Crippen LogP contribution in [0.3, 0.4) is 0 Å². The number of thiocarbonyl (C=S) groups is 1. The lowest BCUT2D eigenvalue weighted by atomic mass is 10.2. The second kappa shape index (κ2) is 9.01. The van der Waals surface area contributed by atoms with Crippen molar-refractivity contribution in [3.05, 3.63) is 71.8 Å². The van der Waals surface area contributed by atoms with Crippen molar-refractivity contribution in [2.45, 2.75) is 0 Å². The number of nitrogens with two attached hydrogens (primary N) is 1. The summed E-state index contributed by atoms with van der Waals surface area (Å²) in [4.78, 5) is 11.9. The maximum absolute atomic E-state index is 11.9. The molecule has 0 aliphatic heterocycles. The molecule has 7 nitrogen and oxygen atoms in total. The molecule has 2 rings (SSSR count). The highest BCUT2D eigenvalue weighted by Gasteiger charge is 2.06. The molecular weight excluding hydrogens is 324 g/mol. The molecule has 0 saturated carbocycles. The van der Waals surface area contributed by atoms with Crippen molar-refractivity contribution in [1.82, 2.24) is 16.2 Å². The van der Waals surface area contributed by atoms with Crippen LogP contribution in [0, 0.1) is 0 Å². The van der Waals surface area contributed by atoms with Gasteiger partial charge in [0.05, 0.1) is 6.21 Å². The summed E-state index contributed by atoms with van der Waals surface area (Å²) in [5, 5.41) is 10.2. The number of carbonyl (C=O) groups is 1. The summed E-state index contributed by atoms with van der Waals surface area (Å²) in [6, 6.07) is 18.2. The first-order chi connectivity index (χ1) is 11.6. The van der Waals surface area contributed by atoms with Crippen molar-refractivity contribution in [1.29, 1.82) is 0 Å². The van der Waals surface area contributed by atoms with Crippen LogP contribution in [0.2, 0.25) is 0 Å². The highest BCUT2D eigenvalue weighted by atomic mass is 32.1. The molecule has 0 heterocycles. The van der Waals surface area contributed by atoms with Gasteiger partial charge >= 0.3 is 0 Å². The Morgan fingerprint density at radius 3 is 2.29 bits per heavy atom. The molecule has 5 N–H and O–H groups in total. The normalized spacial score (nSPS) is 11.1. The number of amides is 1. The van der Waals surface area contributed by atoms with E-state index in [-0.39, 0.29) is 17.0 Å². The average Bonchev–Trinajstić information content (AvgIpc) is 2.61. The molecule has 8 heteroatoms. The fourth-order valence-electron chi connectivity index (χ4n) is 1.64. The number of hydrazone groups is 2. The highest BCUT2D eigenvalue weighted by Crippen LogP contribution is 1.97. The van der Waals surface area contributed by atoms with E-state index >= 15 is 0 Å². The Morgan fingerprint density at radius 1 is 1.00 bits per heavy atom. The Morgan fingerprint density at radius 2 is 1.62 bits per heavy atom. The van der Waals surface area contributed by atoms with E-state index in [1.165, 1.54) is 0 Å². The molecule has 0 radical (unpaired) electrons. The van der Waals surface area contributed by atoms with Crippen molar-refractivity contribution in [2.24, 2.45) is 15.9 Å². The fraction of sp³-hybridized carbons (Fsp3) is 0. The lowest BCUT2D eigenvalue weighted by molar-refractivity contribution is 0.0976. The zero-order valence-electron chi connectivity index (χ0n) is 12.6. The van der Waals surface area contributed by atoms with Gasteiger partial charge in [0.2, 0.25) is 5.96 Å². The maximum Gasteiger partial charge on any atom is 0.257 e. The van der Waals surface area contributed by atoms with Crippen LogP contribution in [0.25, 0.3) is 0 Å². The molecule has 0 aliphatic rings. The zero-order chi connectivity index (χ0) is 17.2. The summed E-state index contributed by atoms with van der Waals surface area (Å²) >= 11 is 4.97. The SMILES string of the molecule is N/C(=N\NC(=S)NC(=O)c1ccccc1)N/N=C\c1ccccc1. The number of hydrogen-bond acceptors (Lipinski definition) is 4. The number of rotatable bonds is 4. The van der Waals surface area contributed by atoms with Crippen LogP contribution in [0.4, 0.5) is 0 Å². The topological polar surface area (TPSA) is 104 Å². The Bertz CT molecular complexity index is 746. The van der Waals surface area contributed by atoms with Gasteiger partial charge in [-0.2, -0.15) is 5.10 Å². The third-order valence-electron chi connectivity index (χ3n) is 2.73. The predicted octanol–water partition coefficient (Wildman–Crippen LogP) is 1.14. The molecule has 2 aromatic rings. The van der Waals surface area contributed by atoms with Crippen LogP contribution >= 0.6 is 12.2 Å². The molecule has 0 saturated heterocycles. The summed E-state index contributed by atoms with van der Waals surface area (Å²) in [7, 11) is 0. The first-order valence-electron chi connectivity index (χ1n) is 6.99. The van der Waals surface area contributed by atoms with Gasteiger partial charge in [-0.25, -0.2) is 10.9 Å². The number of benzene rings is 2. The lowest BCUT2D eigenvalue weighted by Gasteiger charge is -2.06. The number of nitrogens with one attached hydrogen (secondary N) is 3. The van der Waals surface area contributed by atoms with Gasteiger partial charge in [-0.05, 0) is 29.9 Å². The largest absolute Gasteiger partial charge is 0.367 e. The van der Waals surface area contributed by atoms with Gasteiger partial charge in [-0.15, -0.1) is 5.10 Å². The lowest BCUT2D eigenvalue weighted by Crippen LogP contribution is -2.39. The average molecular weight is 340 g/mol. The van der Waals surface area contributed by atoms with Gasteiger partial charge in [-0.3, -0.25) is 10.1 Å². The van der Waals surface area contributed by atoms with Gasteiger partial charge in [0.1, 0.15) is 0 Å².